The van der Waals surface area contributed by atoms with Crippen LogP contribution in [0.2, 0.25) is 0 Å². The monoisotopic (exact) mass is 243 g/mol. The van der Waals surface area contributed by atoms with E-state index in [0.29, 0.717) is 17.6 Å². The summed E-state index contributed by atoms with van der Waals surface area (Å²) in [6, 6.07) is 1.80. The molecule has 0 amide bonds. The van der Waals surface area contributed by atoms with E-state index in [-0.39, 0.29) is 0 Å². The highest BCUT2D eigenvalue weighted by atomic mass is 32.2. The predicted molar refractivity (Wildman–Crippen MR) is 66.8 cm³/mol. The van der Waals surface area contributed by atoms with E-state index >= 15 is 0 Å². The van der Waals surface area contributed by atoms with E-state index in [1.54, 1.807) is 13.2 Å². The average Bonchev–Trinajstić information content (AvgIpc) is 2.35. The Labute approximate surface area is 99.6 Å². The summed E-state index contributed by atoms with van der Waals surface area (Å²) >= 11 is 1.48. The molecule has 0 radical (unpaired) electrons. The molecule has 0 saturated heterocycles. The number of ether oxygens (including phenoxy) is 1. The number of rotatable bonds is 6. The van der Waals surface area contributed by atoms with Crippen LogP contribution in [0, 0.1) is 0 Å². The number of nitrogens with zero attached hydrogens (tertiary/aromatic N) is 3. The van der Waals surface area contributed by atoms with E-state index in [9.17, 15) is 0 Å². The summed E-state index contributed by atoms with van der Waals surface area (Å²) in [6.45, 7) is 1.42. The van der Waals surface area contributed by atoms with Crippen LogP contribution in [0.5, 0.6) is 0 Å². The largest absolute Gasteiger partial charge is 0.383 e. The van der Waals surface area contributed by atoms with Crippen LogP contribution in [0.15, 0.2) is 11.2 Å². The lowest BCUT2D eigenvalue weighted by Gasteiger charge is -2.18. The molecular weight excluding hydrogens is 226 g/mol. The molecule has 0 aromatic carbocycles. The van der Waals surface area contributed by atoms with Gasteiger partial charge in [-0.25, -0.2) is 15.8 Å². The summed E-state index contributed by atoms with van der Waals surface area (Å²) in [5.74, 6) is 6.78. The number of hydrogen-bond acceptors (Lipinski definition) is 7. The molecule has 6 nitrogen and oxygen atoms in total. The van der Waals surface area contributed by atoms with Gasteiger partial charge < -0.3 is 15.1 Å². The van der Waals surface area contributed by atoms with E-state index in [1.165, 1.54) is 11.8 Å². The van der Waals surface area contributed by atoms with Crippen LogP contribution in [0.1, 0.15) is 0 Å². The first-order valence-corrected chi connectivity index (χ1v) is 6.03. The highest BCUT2D eigenvalue weighted by Gasteiger charge is 2.07. The van der Waals surface area contributed by atoms with Crippen LogP contribution in [-0.4, -0.2) is 43.5 Å². The van der Waals surface area contributed by atoms with E-state index in [1.807, 2.05) is 18.2 Å². The van der Waals surface area contributed by atoms with Gasteiger partial charge in [0, 0.05) is 26.8 Å². The van der Waals surface area contributed by atoms with E-state index in [0.717, 1.165) is 12.4 Å². The fraction of sp³-hybridized carbons (Fsp3) is 0.556. The molecule has 7 heteroatoms. The number of hydrogen-bond donors (Lipinski definition) is 2. The number of nitrogen functional groups attached to an aromatic ring is 1. The van der Waals surface area contributed by atoms with Gasteiger partial charge in [-0.1, -0.05) is 11.8 Å². The smallest absolute Gasteiger partial charge is 0.191 e. The first kappa shape index (κ1) is 13.0. The second-order valence-electron chi connectivity index (χ2n) is 3.16. The number of nitrogens with two attached hydrogens (primary N) is 1. The van der Waals surface area contributed by atoms with Crippen molar-refractivity contribution in [3.8, 4) is 0 Å². The summed E-state index contributed by atoms with van der Waals surface area (Å²) in [7, 11) is 3.62. The fourth-order valence-electron chi connectivity index (χ4n) is 1.12. The van der Waals surface area contributed by atoms with Gasteiger partial charge >= 0.3 is 0 Å². The van der Waals surface area contributed by atoms with Crippen molar-refractivity contribution in [3.05, 3.63) is 6.07 Å². The molecule has 1 heterocycles. The second-order valence-corrected chi connectivity index (χ2v) is 3.93. The van der Waals surface area contributed by atoms with Crippen LogP contribution in [0.4, 0.5) is 11.6 Å². The molecule has 0 fully saturated rings. The molecule has 0 saturated carbocycles. The minimum atomic E-state index is 0.610. The van der Waals surface area contributed by atoms with E-state index in [2.05, 4.69) is 15.4 Å². The fourth-order valence-corrected chi connectivity index (χ4v) is 1.49. The Morgan fingerprint density at radius 3 is 2.88 bits per heavy atom. The van der Waals surface area contributed by atoms with Crippen LogP contribution >= 0.6 is 11.8 Å². The minimum absolute atomic E-state index is 0.610. The number of nitrogens with one attached hydrogen (secondary N) is 1. The van der Waals surface area contributed by atoms with Crippen LogP contribution in [-0.2, 0) is 4.74 Å². The Hall–Kier alpha value is -1.05. The van der Waals surface area contributed by atoms with Crippen molar-refractivity contribution in [1.82, 2.24) is 9.97 Å². The average molecular weight is 243 g/mol. The molecule has 0 bridgehead atoms. The Balaban J connectivity index is 2.85. The molecule has 0 aliphatic heterocycles. The van der Waals surface area contributed by atoms with Gasteiger partial charge in [-0.3, -0.25) is 0 Å². The lowest BCUT2D eigenvalue weighted by Crippen LogP contribution is -2.24. The van der Waals surface area contributed by atoms with Gasteiger partial charge in [-0.2, -0.15) is 0 Å². The summed E-state index contributed by atoms with van der Waals surface area (Å²) in [5, 5.41) is 0.690. The zero-order valence-corrected chi connectivity index (χ0v) is 10.5. The summed E-state index contributed by atoms with van der Waals surface area (Å²) < 4.78 is 5.02. The molecule has 0 spiro atoms. The normalized spacial score (nSPS) is 10.2. The number of anilines is 2. The third-order valence-electron chi connectivity index (χ3n) is 2.04. The zero-order valence-electron chi connectivity index (χ0n) is 9.73. The van der Waals surface area contributed by atoms with Gasteiger partial charge in [-0.15, -0.1) is 0 Å². The third kappa shape index (κ3) is 3.51. The first-order valence-electron chi connectivity index (χ1n) is 4.81. The highest BCUT2D eigenvalue weighted by Crippen LogP contribution is 2.18. The Morgan fingerprint density at radius 1 is 1.56 bits per heavy atom. The molecule has 90 valence electrons. The van der Waals surface area contributed by atoms with Gasteiger partial charge in [-0.05, 0) is 6.26 Å². The number of aromatic nitrogens is 2. The minimum Gasteiger partial charge on any atom is -0.383 e. The van der Waals surface area contributed by atoms with Gasteiger partial charge in [0.15, 0.2) is 5.16 Å². The maximum Gasteiger partial charge on any atom is 0.191 e. The third-order valence-corrected chi connectivity index (χ3v) is 2.59. The number of methoxy groups -OCH3 is 1. The van der Waals surface area contributed by atoms with Crippen molar-refractivity contribution in [2.75, 3.05) is 43.9 Å². The van der Waals surface area contributed by atoms with Crippen LogP contribution in [0.3, 0.4) is 0 Å². The molecule has 1 rings (SSSR count). The summed E-state index contributed by atoms with van der Waals surface area (Å²) in [6.07, 6.45) is 1.93. The maximum absolute atomic E-state index is 5.35. The van der Waals surface area contributed by atoms with Crippen LogP contribution < -0.4 is 16.2 Å². The van der Waals surface area contributed by atoms with Gasteiger partial charge in [0.25, 0.3) is 0 Å². The van der Waals surface area contributed by atoms with Crippen molar-refractivity contribution in [1.29, 1.82) is 0 Å². The van der Waals surface area contributed by atoms with Crippen molar-refractivity contribution >= 4 is 23.4 Å². The van der Waals surface area contributed by atoms with Crippen molar-refractivity contribution in [2.24, 2.45) is 5.84 Å². The molecule has 0 aliphatic rings. The van der Waals surface area contributed by atoms with Crippen molar-refractivity contribution < 1.29 is 4.74 Å². The summed E-state index contributed by atoms with van der Waals surface area (Å²) in [4.78, 5) is 10.6. The van der Waals surface area contributed by atoms with Gasteiger partial charge in [0.1, 0.15) is 11.6 Å². The standard InChI is InChI=1S/C9H17N5OS/c1-14(4-5-15-2)8-6-7(13-10)11-9(12-8)16-3/h6H,4-5,10H2,1-3H3,(H,11,12,13). The molecule has 0 aliphatic carbocycles. The van der Waals surface area contributed by atoms with Gasteiger partial charge in [0.2, 0.25) is 0 Å². The van der Waals surface area contributed by atoms with Gasteiger partial charge in [0.05, 0.1) is 6.61 Å². The molecule has 0 unspecified atom stereocenters. The van der Waals surface area contributed by atoms with Crippen LogP contribution in [0.25, 0.3) is 0 Å². The van der Waals surface area contributed by atoms with Crippen molar-refractivity contribution in [3.63, 3.8) is 0 Å². The Kier molecular flexibility index (Phi) is 5.30. The Morgan fingerprint density at radius 2 is 2.31 bits per heavy atom. The van der Waals surface area contributed by atoms with E-state index < -0.39 is 0 Å². The molecule has 1 aromatic rings. The summed E-state index contributed by atoms with van der Waals surface area (Å²) in [5.41, 5.74) is 2.53. The lowest BCUT2D eigenvalue weighted by molar-refractivity contribution is 0.206. The molecule has 16 heavy (non-hydrogen) atoms. The number of thioether (sulfide) groups is 1. The maximum atomic E-state index is 5.35. The quantitative estimate of drug-likeness (QED) is 0.327. The number of hydrazine groups is 1. The first-order chi connectivity index (χ1) is 7.71. The SMILES string of the molecule is COCCN(C)c1cc(NN)nc(SC)n1. The van der Waals surface area contributed by atoms with E-state index in [4.69, 9.17) is 10.6 Å². The molecular formula is C9H17N5OS. The number of likely N-dealkylation sites (N-methyl/N-ethyl adjacent to an activating group) is 1. The molecule has 1 aromatic heterocycles. The molecule has 0 atom stereocenters. The highest BCUT2D eigenvalue weighted by molar-refractivity contribution is 7.98. The predicted octanol–water partition coefficient (Wildman–Crippen LogP) is 0.567. The lowest BCUT2D eigenvalue weighted by atomic mass is 10.4. The topological polar surface area (TPSA) is 76.3 Å². The van der Waals surface area contributed by atoms with Crippen molar-refractivity contribution in [2.45, 2.75) is 5.16 Å². The zero-order chi connectivity index (χ0) is 12.0. The second kappa shape index (κ2) is 6.51. The Bertz CT molecular complexity index is 313. The molecule has 3 N–H and O–H groups in total.